The molecule has 4 heteroatoms. The summed E-state index contributed by atoms with van der Waals surface area (Å²) in [5, 5.41) is -0.617. The Labute approximate surface area is 183 Å². The Morgan fingerprint density at radius 2 is 1.14 bits per heavy atom. The molecule has 0 aliphatic rings. The van der Waals surface area contributed by atoms with E-state index in [2.05, 4.69) is 19.1 Å². The first-order valence-electron chi connectivity index (χ1n) is 12.4. The van der Waals surface area contributed by atoms with Crippen LogP contribution in [-0.2, 0) is 4.57 Å². The molecule has 0 fully saturated rings. The first-order chi connectivity index (χ1) is 13.8. The third-order valence-electron chi connectivity index (χ3n) is 6.49. The SMILES string of the molecule is CCCCCCCCCCCCCC=CCCCCC(CC)([P+](=O)[O-])[N+](C)(C)C. The summed E-state index contributed by atoms with van der Waals surface area (Å²) in [7, 11) is 3.58. The molecule has 0 heterocycles. The third kappa shape index (κ3) is 12.9. The van der Waals surface area contributed by atoms with Gasteiger partial charge in [-0.05, 0) is 32.1 Å². The molecule has 0 aliphatic carbocycles. The number of allylic oxidation sites excluding steroid dienone is 2. The van der Waals surface area contributed by atoms with E-state index in [-0.39, 0.29) is 0 Å². The Hall–Kier alpha value is -0.240. The van der Waals surface area contributed by atoms with Crippen LogP contribution in [0.2, 0.25) is 0 Å². The van der Waals surface area contributed by atoms with Crippen LogP contribution in [0.15, 0.2) is 12.2 Å². The third-order valence-corrected chi connectivity index (χ3v) is 8.31. The monoisotopic (exact) mass is 428 g/mol. The Bertz CT molecular complexity index is 431. The van der Waals surface area contributed by atoms with Crippen LogP contribution < -0.4 is 4.89 Å². The number of hydrogen-bond donors (Lipinski definition) is 0. The van der Waals surface area contributed by atoms with Gasteiger partial charge in [0.25, 0.3) is 5.28 Å². The summed E-state index contributed by atoms with van der Waals surface area (Å²) >= 11 is 0. The van der Waals surface area contributed by atoms with E-state index >= 15 is 0 Å². The van der Waals surface area contributed by atoms with E-state index in [0.29, 0.717) is 10.9 Å². The van der Waals surface area contributed by atoms with Gasteiger partial charge >= 0.3 is 8.03 Å². The summed E-state index contributed by atoms with van der Waals surface area (Å²) in [5.41, 5.74) is 0. The van der Waals surface area contributed by atoms with E-state index in [9.17, 15) is 9.46 Å². The highest BCUT2D eigenvalue weighted by atomic mass is 31.1. The van der Waals surface area contributed by atoms with Crippen molar-refractivity contribution in [2.24, 2.45) is 0 Å². The van der Waals surface area contributed by atoms with Crippen LogP contribution in [0, 0.1) is 0 Å². The molecule has 0 aromatic heterocycles. The minimum absolute atomic E-state index is 0.497. The second-order valence-corrected chi connectivity index (χ2v) is 11.0. The first kappa shape index (κ1) is 28.8. The predicted octanol–water partition coefficient (Wildman–Crippen LogP) is 7.72. The van der Waals surface area contributed by atoms with Gasteiger partial charge in [0.2, 0.25) is 0 Å². The van der Waals surface area contributed by atoms with Crippen LogP contribution in [0.3, 0.4) is 0 Å². The summed E-state index contributed by atoms with van der Waals surface area (Å²) in [6.07, 6.45) is 25.8. The van der Waals surface area contributed by atoms with Crippen molar-refractivity contribution in [2.75, 3.05) is 21.1 Å². The smallest absolute Gasteiger partial charge is 0.376 e. The summed E-state index contributed by atoms with van der Waals surface area (Å²) in [4.78, 5) is 11.9. The van der Waals surface area contributed by atoms with E-state index in [0.717, 1.165) is 25.7 Å². The fourth-order valence-electron chi connectivity index (χ4n) is 4.28. The van der Waals surface area contributed by atoms with Gasteiger partial charge in [0.1, 0.15) is 0 Å². The van der Waals surface area contributed by atoms with Gasteiger partial charge in [-0.2, -0.15) is 0 Å². The lowest BCUT2D eigenvalue weighted by atomic mass is 10.0. The molecule has 29 heavy (non-hydrogen) atoms. The van der Waals surface area contributed by atoms with Crippen molar-refractivity contribution in [3.05, 3.63) is 12.2 Å². The van der Waals surface area contributed by atoms with Crippen molar-refractivity contribution in [2.45, 2.75) is 128 Å². The molecule has 0 aromatic carbocycles. The molecule has 2 unspecified atom stereocenters. The fraction of sp³-hybridized carbons (Fsp3) is 0.920. The lowest BCUT2D eigenvalue weighted by molar-refractivity contribution is -0.910. The van der Waals surface area contributed by atoms with Crippen molar-refractivity contribution in [1.82, 2.24) is 0 Å². The number of unbranched alkanes of at least 4 members (excludes halogenated alkanes) is 13. The molecular formula is C25H51NO2P+. The Morgan fingerprint density at radius 3 is 1.52 bits per heavy atom. The van der Waals surface area contributed by atoms with Crippen LogP contribution in [0.1, 0.15) is 123 Å². The quantitative estimate of drug-likeness (QED) is 0.0861. The minimum atomic E-state index is -2.43. The minimum Gasteiger partial charge on any atom is -0.590 e. The average molecular weight is 429 g/mol. The average Bonchev–Trinajstić information content (AvgIpc) is 2.66. The molecule has 3 nitrogen and oxygen atoms in total. The first-order valence-corrected chi connectivity index (χ1v) is 13.6. The van der Waals surface area contributed by atoms with Crippen molar-refractivity contribution in [1.29, 1.82) is 0 Å². The van der Waals surface area contributed by atoms with Crippen molar-refractivity contribution in [3.8, 4) is 0 Å². The van der Waals surface area contributed by atoms with Gasteiger partial charge in [-0.25, -0.2) is 0 Å². The number of hydrogen-bond acceptors (Lipinski definition) is 2. The van der Waals surface area contributed by atoms with Crippen LogP contribution in [-0.4, -0.2) is 30.9 Å². The zero-order valence-electron chi connectivity index (χ0n) is 20.4. The van der Waals surface area contributed by atoms with Gasteiger partial charge < -0.3 is 4.89 Å². The highest BCUT2D eigenvalue weighted by molar-refractivity contribution is 7.38. The second-order valence-electron chi connectivity index (χ2n) is 9.65. The summed E-state index contributed by atoms with van der Waals surface area (Å²) in [6, 6.07) is 0. The maximum atomic E-state index is 11.9. The van der Waals surface area contributed by atoms with Crippen molar-refractivity contribution >= 4 is 8.03 Å². The molecular weight excluding hydrogens is 377 g/mol. The number of rotatable bonds is 20. The van der Waals surface area contributed by atoms with E-state index in [4.69, 9.17) is 0 Å². The van der Waals surface area contributed by atoms with Crippen LogP contribution in [0.5, 0.6) is 0 Å². The van der Waals surface area contributed by atoms with Gasteiger partial charge in [-0.1, -0.05) is 94.8 Å². The van der Waals surface area contributed by atoms with Crippen LogP contribution in [0.4, 0.5) is 0 Å². The molecule has 0 rings (SSSR count). The summed E-state index contributed by atoms with van der Waals surface area (Å²) < 4.78 is 12.4. The fourth-order valence-corrected chi connectivity index (χ4v) is 5.37. The van der Waals surface area contributed by atoms with E-state index in [1.54, 1.807) is 0 Å². The van der Waals surface area contributed by atoms with Gasteiger partial charge in [0, 0.05) is 12.8 Å². The normalized spacial score (nSPS) is 15.0. The Balaban J connectivity index is 3.65. The lowest BCUT2D eigenvalue weighted by Crippen LogP contribution is -2.55. The van der Waals surface area contributed by atoms with Crippen molar-refractivity contribution < 1.29 is 13.9 Å². The summed E-state index contributed by atoms with van der Waals surface area (Å²) in [5.74, 6) is 0. The highest BCUT2D eigenvalue weighted by Crippen LogP contribution is 2.44. The largest absolute Gasteiger partial charge is 0.590 e. The molecule has 0 saturated heterocycles. The van der Waals surface area contributed by atoms with E-state index in [1.165, 1.54) is 77.0 Å². The zero-order valence-corrected chi connectivity index (χ0v) is 21.3. The molecule has 0 radical (unpaired) electrons. The Morgan fingerprint density at radius 1 is 0.724 bits per heavy atom. The molecule has 0 spiro atoms. The molecule has 0 aromatic rings. The molecule has 0 saturated carbocycles. The van der Waals surface area contributed by atoms with E-state index in [1.807, 2.05) is 28.1 Å². The van der Waals surface area contributed by atoms with Gasteiger partial charge in [-0.15, -0.1) is 0 Å². The standard InChI is InChI=1S/C25H51NO2P/c1-6-8-9-10-11-12-13-14-15-16-17-18-19-20-21-22-23-24-25(7-2,29(27)28)26(3,4)5/h19-20H,6-18,21-24H2,1-5H3/q+1. The molecule has 2 atom stereocenters. The van der Waals surface area contributed by atoms with Gasteiger partial charge in [0.15, 0.2) is 0 Å². The van der Waals surface area contributed by atoms with Crippen LogP contribution >= 0.6 is 8.03 Å². The Kier molecular flexibility index (Phi) is 17.3. The topological polar surface area (TPSA) is 40.1 Å². The molecule has 0 aliphatic heterocycles. The maximum absolute atomic E-state index is 11.9. The number of quaternary nitrogens is 1. The molecule has 0 bridgehead atoms. The van der Waals surface area contributed by atoms with Crippen molar-refractivity contribution in [3.63, 3.8) is 0 Å². The molecule has 0 amide bonds. The predicted molar refractivity (Wildman–Crippen MR) is 127 cm³/mol. The highest BCUT2D eigenvalue weighted by Gasteiger charge is 2.52. The zero-order chi connectivity index (χ0) is 22.0. The van der Waals surface area contributed by atoms with E-state index < -0.39 is 13.3 Å². The van der Waals surface area contributed by atoms with Gasteiger partial charge in [-0.3, -0.25) is 4.48 Å². The number of nitrogens with zero attached hydrogens (tertiary/aromatic N) is 1. The van der Waals surface area contributed by atoms with Crippen LogP contribution in [0.25, 0.3) is 0 Å². The molecule has 172 valence electrons. The maximum Gasteiger partial charge on any atom is 0.376 e. The molecule has 0 N–H and O–H groups in total. The summed E-state index contributed by atoms with van der Waals surface area (Å²) in [6.45, 7) is 4.28. The van der Waals surface area contributed by atoms with Gasteiger partial charge in [0.05, 0.1) is 21.1 Å². The lowest BCUT2D eigenvalue weighted by Gasteiger charge is -2.39. The second kappa shape index (κ2) is 17.4.